The Balaban J connectivity index is 2.91. The molecule has 1 aromatic heterocycles. The third-order valence-corrected chi connectivity index (χ3v) is 2.30. The summed E-state index contributed by atoms with van der Waals surface area (Å²) in [6.07, 6.45) is 0. The Morgan fingerprint density at radius 2 is 2.17 bits per heavy atom. The van der Waals surface area contributed by atoms with Gasteiger partial charge in [-0.25, -0.2) is 9.36 Å². The first kappa shape index (κ1) is 13.6. The summed E-state index contributed by atoms with van der Waals surface area (Å²) in [6.45, 7) is -0.770. The second-order valence-electron chi connectivity index (χ2n) is 3.44. The second-order valence-corrected chi connectivity index (χ2v) is 3.44. The zero-order valence-corrected chi connectivity index (χ0v) is 9.36. The molecule has 0 spiro atoms. The van der Waals surface area contributed by atoms with Crippen LogP contribution in [0.25, 0.3) is 0 Å². The van der Waals surface area contributed by atoms with Crippen LogP contribution >= 0.6 is 0 Å². The van der Waals surface area contributed by atoms with E-state index in [9.17, 15) is 19.7 Å². The van der Waals surface area contributed by atoms with Gasteiger partial charge in [-0.05, 0) is 11.0 Å². The van der Waals surface area contributed by atoms with Crippen molar-refractivity contribution in [2.75, 3.05) is 6.61 Å². The number of hydrogen-bond acceptors (Lipinski definition) is 5. The first-order chi connectivity index (χ1) is 8.38. The number of nitro groups is 1. The lowest BCUT2D eigenvalue weighted by molar-refractivity contribution is -0.391. The van der Waals surface area contributed by atoms with Crippen LogP contribution in [-0.2, 0) is 11.8 Å². The Bertz CT molecular complexity index is 494. The highest BCUT2D eigenvalue weighted by molar-refractivity contribution is 5.95. The van der Waals surface area contributed by atoms with E-state index in [0.29, 0.717) is 0 Å². The molecule has 1 amide bonds. The van der Waals surface area contributed by atoms with Crippen LogP contribution in [0.2, 0.25) is 0 Å². The summed E-state index contributed by atoms with van der Waals surface area (Å²) >= 11 is 0. The zero-order chi connectivity index (χ0) is 13.9. The molecule has 0 aromatic carbocycles. The molecule has 0 saturated heterocycles. The topological polar surface area (TPSA) is 135 Å². The molecule has 1 rings (SSSR count). The average Bonchev–Trinajstić information content (AvgIpc) is 2.67. The number of aliphatic hydroxyl groups is 1. The van der Waals surface area contributed by atoms with Crippen LogP contribution in [-0.4, -0.2) is 44.2 Å². The van der Waals surface area contributed by atoms with E-state index < -0.39 is 29.4 Å². The van der Waals surface area contributed by atoms with Crippen LogP contribution < -0.4 is 5.32 Å². The lowest BCUT2D eigenvalue weighted by atomic mass is 10.3. The molecule has 1 atom stereocenters. The van der Waals surface area contributed by atoms with Gasteiger partial charge in [0, 0.05) is 6.07 Å². The summed E-state index contributed by atoms with van der Waals surface area (Å²) in [7, 11) is 1.31. The number of carbonyl (C=O) groups excluding carboxylic acids is 1. The number of rotatable bonds is 5. The van der Waals surface area contributed by atoms with Crippen molar-refractivity contribution in [3.05, 3.63) is 27.9 Å². The van der Waals surface area contributed by atoms with Gasteiger partial charge in [-0.15, -0.1) is 0 Å². The van der Waals surface area contributed by atoms with E-state index in [1.165, 1.54) is 13.1 Å². The number of nitrogens with zero attached hydrogens (tertiary/aromatic N) is 2. The van der Waals surface area contributed by atoms with E-state index in [2.05, 4.69) is 0 Å². The first-order valence-electron chi connectivity index (χ1n) is 4.83. The van der Waals surface area contributed by atoms with Crippen LogP contribution in [0, 0.1) is 10.1 Å². The van der Waals surface area contributed by atoms with Crippen molar-refractivity contribution in [3.63, 3.8) is 0 Å². The van der Waals surface area contributed by atoms with Gasteiger partial charge in [-0.2, -0.15) is 0 Å². The van der Waals surface area contributed by atoms with Crippen molar-refractivity contribution in [1.29, 1.82) is 0 Å². The van der Waals surface area contributed by atoms with E-state index in [1.54, 1.807) is 0 Å². The number of carboxylic acid groups (broad SMARTS) is 1. The first-order valence-corrected chi connectivity index (χ1v) is 4.83. The van der Waals surface area contributed by atoms with Gasteiger partial charge in [0.15, 0.2) is 11.7 Å². The van der Waals surface area contributed by atoms with Gasteiger partial charge in [0.2, 0.25) is 0 Å². The highest BCUT2D eigenvalue weighted by Crippen LogP contribution is 2.14. The minimum Gasteiger partial charge on any atom is -0.480 e. The molecule has 0 saturated carbocycles. The summed E-state index contributed by atoms with van der Waals surface area (Å²) in [5, 5.41) is 30.0. The number of carbonyl (C=O) groups is 2. The Kier molecular flexibility index (Phi) is 4.00. The SMILES string of the molecule is Cn1c(C(=O)NC(CO)C(=O)O)ccc1[N+](=O)[O-]. The molecule has 18 heavy (non-hydrogen) atoms. The van der Waals surface area contributed by atoms with Crippen molar-refractivity contribution in [1.82, 2.24) is 9.88 Å². The summed E-state index contributed by atoms with van der Waals surface area (Å²) in [5.74, 6) is -2.50. The van der Waals surface area contributed by atoms with Crippen molar-refractivity contribution in [3.8, 4) is 0 Å². The molecule has 3 N–H and O–H groups in total. The van der Waals surface area contributed by atoms with Crippen LogP contribution in [0.1, 0.15) is 10.5 Å². The van der Waals surface area contributed by atoms with Gasteiger partial charge >= 0.3 is 11.8 Å². The normalized spacial score (nSPS) is 11.9. The Morgan fingerprint density at radius 1 is 1.56 bits per heavy atom. The second kappa shape index (κ2) is 5.27. The van der Waals surface area contributed by atoms with Gasteiger partial charge in [0.1, 0.15) is 0 Å². The fourth-order valence-electron chi connectivity index (χ4n) is 1.33. The number of aromatic nitrogens is 1. The summed E-state index contributed by atoms with van der Waals surface area (Å²) in [6, 6.07) is 0.874. The van der Waals surface area contributed by atoms with E-state index in [-0.39, 0.29) is 11.5 Å². The molecule has 1 aromatic rings. The molecule has 0 radical (unpaired) electrons. The molecule has 0 fully saturated rings. The van der Waals surface area contributed by atoms with Gasteiger partial charge in [-0.1, -0.05) is 0 Å². The molecular formula is C9H11N3O6. The van der Waals surface area contributed by atoms with Gasteiger partial charge in [0.05, 0.1) is 13.7 Å². The standard InChI is InChI=1S/C9H11N3O6/c1-11-6(2-3-7(11)12(17)18)8(14)10-5(4-13)9(15)16/h2-3,5,13H,4H2,1H3,(H,10,14)(H,15,16). The number of hydrogen-bond donors (Lipinski definition) is 3. The Hall–Kier alpha value is -2.42. The molecule has 0 aliphatic rings. The highest BCUT2D eigenvalue weighted by Gasteiger charge is 2.25. The number of carboxylic acids is 1. The molecule has 1 heterocycles. The Labute approximate surface area is 101 Å². The van der Waals surface area contributed by atoms with Crippen molar-refractivity contribution < 1.29 is 24.7 Å². The maximum atomic E-state index is 11.6. The molecule has 0 aliphatic heterocycles. The van der Waals surface area contributed by atoms with Crippen LogP contribution in [0.15, 0.2) is 12.1 Å². The largest absolute Gasteiger partial charge is 0.480 e. The van der Waals surface area contributed by atoms with Crippen LogP contribution in [0.4, 0.5) is 5.82 Å². The van der Waals surface area contributed by atoms with Gasteiger partial charge in [0.25, 0.3) is 5.91 Å². The molecule has 9 nitrogen and oxygen atoms in total. The molecular weight excluding hydrogens is 246 g/mol. The number of aliphatic carboxylic acids is 1. The summed E-state index contributed by atoms with van der Waals surface area (Å²) in [4.78, 5) is 32.1. The van der Waals surface area contributed by atoms with Crippen molar-refractivity contribution in [2.45, 2.75) is 6.04 Å². The molecule has 0 bridgehead atoms. The van der Waals surface area contributed by atoms with Gasteiger partial charge < -0.3 is 25.6 Å². The molecule has 0 aliphatic carbocycles. The third kappa shape index (κ3) is 2.63. The maximum absolute atomic E-state index is 11.6. The molecule has 1 unspecified atom stereocenters. The fraction of sp³-hybridized carbons (Fsp3) is 0.333. The molecule has 9 heteroatoms. The maximum Gasteiger partial charge on any atom is 0.328 e. The van der Waals surface area contributed by atoms with Crippen LogP contribution in [0.3, 0.4) is 0 Å². The monoisotopic (exact) mass is 257 g/mol. The quantitative estimate of drug-likeness (QED) is 0.462. The predicted molar refractivity (Wildman–Crippen MR) is 58.0 cm³/mol. The van der Waals surface area contributed by atoms with E-state index >= 15 is 0 Å². The summed E-state index contributed by atoms with van der Waals surface area (Å²) < 4.78 is 1.02. The lowest BCUT2D eigenvalue weighted by Gasteiger charge is -2.10. The number of amides is 1. The van der Waals surface area contributed by atoms with E-state index in [1.807, 2.05) is 5.32 Å². The van der Waals surface area contributed by atoms with Gasteiger partial charge in [-0.3, -0.25) is 4.79 Å². The summed E-state index contributed by atoms with van der Waals surface area (Å²) in [5.41, 5.74) is -0.0681. The lowest BCUT2D eigenvalue weighted by Crippen LogP contribution is -2.43. The van der Waals surface area contributed by atoms with Crippen LogP contribution in [0.5, 0.6) is 0 Å². The van der Waals surface area contributed by atoms with Crippen molar-refractivity contribution in [2.24, 2.45) is 7.05 Å². The average molecular weight is 257 g/mol. The smallest absolute Gasteiger partial charge is 0.328 e. The van der Waals surface area contributed by atoms with E-state index in [4.69, 9.17) is 10.2 Å². The van der Waals surface area contributed by atoms with E-state index in [0.717, 1.165) is 10.6 Å². The minimum atomic E-state index is -1.45. The Morgan fingerprint density at radius 3 is 2.56 bits per heavy atom. The number of nitrogens with one attached hydrogen (secondary N) is 1. The van der Waals surface area contributed by atoms with Crippen molar-refractivity contribution >= 4 is 17.7 Å². The highest BCUT2D eigenvalue weighted by atomic mass is 16.6. The third-order valence-electron chi connectivity index (χ3n) is 2.30. The zero-order valence-electron chi connectivity index (χ0n) is 9.36. The minimum absolute atomic E-state index is 0.0681. The predicted octanol–water partition coefficient (Wildman–Crippen LogP) is -0.891. The fourth-order valence-corrected chi connectivity index (χ4v) is 1.33. The molecule has 98 valence electrons. The number of aliphatic hydroxyl groups excluding tert-OH is 1.